The second kappa shape index (κ2) is 3.58. The Morgan fingerprint density at radius 1 is 1.27 bits per heavy atom. The molecule has 2 nitrogen and oxygen atoms in total. The molecular formula is C13H23NO. The minimum Gasteiger partial charge on any atom is -0.298 e. The summed E-state index contributed by atoms with van der Waals surface area (Å²) in [5, 5.41) is 0. The first-order chi connectivity index (χ1) is 6.95. The topological polar surface area (TPSA) is 20.3 Å². The summed E-state index contributed by atoms with van der Waals surface area (Å²) >= 11 is 0. The molecule has 0 aromatic carbocycles. The normalized spacial score (nSPS) is 29.3. The van der Waals surface area contributed by atoms with Crippen LogP contribution < -0.4 is 0 Å². The van der Waals surface area contributed by atoms with Gasteiger partial charge in [-0.15, -0.1) is 0 Å². The predicted octanol–water partition coefficient (Wildman–Crippen LogP) is 2.47. The summed E-state index contributed by atoms with van der Waals surface area (Å²) in [5.41, 5.74) is 0.541. The van der Waals surface area contributed by atoms with E-state index >= 15 is 0 Å². The molecule has 2 fully saturated rings. The van der Waals surface area contributed by atoms with Crippen molar-refractivity contribution in [2.24, 2.45) is 11.3 Å². The van der Waals surface area contributed by atoms with Gasteiger partial charge in [-0.25, -0.2) is 0 Å². The largest absolute Gasteiger partial charge is 0.298 e. The first kappa shape index (κ1) is 11.1. The van der Waals surface area contributed by atoms with Gasteiger partial charge in [-0.3, -0.25) is 9.69 Å². The maximum Gasteiger partial charge on any atom is 0.152 e. The van der Waals surface area contributed by atoms with Crippen LogP contribution in [-0.2, 0) is 4.79 Å². The van der Waals surface area contributed by atoms with Gasteiger partial charge in [0.25, 0.3) is 0 Å². The van der Waals surface area contributed by atoms with Crippen LogP contribution in [0.3, 0.4) is 0 Å². The Morgan fingerprint density at radius 3 is 2.27 bits per heavy atom. The van der Waals surface area contributed by atoms with Crippen molar-refractivity contribution in [3.63, 3.8) is 0 Å². The fourth-order valence-corrected chi connectivity index (χ4v) is 2.82. The minimum absolute atomic E-state index is 0.185. The van der Waals surface area contributed by atoms with Crippen molar-refractivity contribution >= 4 is 5.78 Å². The highest BCUT2D eigenvalue weighted by atomic mass is 16.1. The number of Topliss-reactive ketones (excluding diaryl/α,β-unsaturated/α-hetero) is 1. The first-order valence-corrected chi connectivity index (χ1v) is 6.25. The molecule has 0 aromatic heterocycles. The molecule has 2 rings (SSSR count). The number of ketones is 1. The molecule has 0 aromatic rings. The molecule has 86 valence electrons. The van der Waals surface area contributed by atoms with Crippen LogP contribution in [0.5, 0.6) is 0 Å². The number of nitrogens with zero attached hydrogens (tertiary/aromatic N) is 1. The average molecular weight is 209 g/mol. The number of carbonyl (C=O) groups excluding carboxylic acids is 1. The van der Waals surface area contributed by atoms with Crippen molar-refractivity contribution in [3.8, 4) is 0 Å². The van der Waals surface area contributed by atoms with Gasteiger partial charge in [0.05, 0.1) is 6.04 Å². The Morgan fingerprint density at radius 2 is 1.87 bits per heavy atom. The molecule has 2 aliphatic rings. The van der Waals surface area contributed by atoms with Gasteiger partial charge in [-0.05, 0) is 38.5 Å². The Balaban J connectivity index is 2.11. The molecule has 15 heavy (non-hydrogen) atoms. The van der Waals surface area contributed by atoms with E-state index in [-0.39, 0.29) is 12.0 Å². The summed E-state index contributed by atoms with van der Waals surface area (Å²) < 4.78 is 0. The van der Waals surface area contributed by atoms with E-state index < -0.39 is 0 Å². The van der Waals surface area contributed by atoms with Crippen LogP contribution in [0.25, 0.3) is 0 Å². The molecule has 1 aliphatic heterocycles. The molecule has 2 heteroatoms. The maximum atomic E-state index is 12.1. The van der Waals surface area contributed by atoms with Gasteiger partial charge in [0, 0.05) is 18.5 Å². The average Bonchev–Trinajstić information content (AvgIpc) is 2.76. The van der Waals surface area contributed by atoms with E-state index in [2.05, 4.69) is 18.7 Å². The highest BCUT2D eigenvalue weighted by Crippen LogP contribution is 2.55. The van der Waals surface area contributed by atoms with Crippen LogP contribution in [0.2, 0.25) is 0 Å². The van der Waals surface area contributed by atoms with Crippen molar-refractivity contribution < 1.29 is 4.79 Å². The highest BCUT2D eigenvalue weighted by molar-refractivity contribution is 5.86. The van der Waals surface area contributed by atoms with E-state index in [1.165, 1.54) is 12.8 Å². The fourth-order valence-electron chi connectivity index (χ4n) is 2.82. The van der Waals surface area contributed by atoms with E-state index in [0.29, 0.717) is 17.2 Å². The monoisotopic (exact) mass is 209 g/mol. The van der Waals surface area contributed by atoms with Crippen LogP contribution in [-0.4, -0.2) is 29.3 Å². The summed E-state index contributed by atoms with van der Waals surface area (Å²) in [6, 6.07) is 0.727. The van der Waals surface area contributed by atoms with Crippen molar-refractivity contribution in [1.29, 1.82) is 0 Å². The molecule has 1 heterocycles. The Kier molecular flexibility index (Phi) is 2.66. The predicted molar refractivity (Wildman–Crippen MR) is 61.8 cm³/mol. The zero-order valence-corrected chi connectivity index (χ0v) is 10.4. The lowest BCUT2D eigenvalue weighted by atomic mass is 9.95. The van der Waals surface area contributed by atoms with Crippen molar-refractivity contribution in [2.45, 2.75) is 59.0 Å². The van der Waals surface area contributed by atoms with Gasteiger partial charge >= 0.3 is 0 Å². The lowest BCUT2D eigenvalue weighted by molar-refractivity contribution is -0.126. The van der Waals surface area contributed by atoms with Gasteiger partial charge in [-0.2, -0.15) is 0 Å². The zero-order chi connectivity index (χ0) is 11.2. The third-order valence-electron chi connectivity index (χ3n) is 4.06. The fraction of sp³-hybridized carbons (Fsp3) is 0.923. The Labute approximate surface area is 93.0 Å². The third-order valence-corrected chi connectivity index (χ3v) is 4.06. The van der Waals surface area contributed by atoms with Crippen LogP contribution in [0.15, 0.2) is 0 Å². The standard InChI is InChI=1S/C13H23NO/c1-9(2)12(15)11-7-13(5-6-13)8-14(11)10(3)4/h9-11H,5-8H2,1-4H3/t11-/m0/s1. The molecular weight excluding hydrogens is 186 g/mol. The summed E-state index contributed by atoms with van der Waals surface area (Å²) in [4.78, 5) is 14.6. The van der Waals surface area contributed by atoms with Crippen molar-refractivity contribution in [1.82, 2.24) is 4.90 Å². The lowest BCUT2D eigenvalue weighted by Crippen LogP contribution is -2.42. The molecule has 0 unspecified atom stereocenters. The van der Waals surface area contributed by atoms with Crippen LogP contribution in [0.4, 0.5) is 0 Å². The molecule has 0 N–H and O–H groups in total. The molecule has 1 saturated carbocycles. The van der Waals surface area contributed by atoms with Gasteiger partial charge in [0.1, 0.15) is 0 Å². The second-order valence-electron chi connectivity index (χ2n) is 6.04. The van der Waals surface area contributed by atoms with E-state index in [1.807, 2.05) is 13.8 Å². The van der Waals surface area contributed by atoms with E-state index in [9.17, 15) is 4.79 Å². The summed E-state index contributed by atoms with van der Waals surface area (Å²) in [6.45, 7) is 9.63. The number of hydrogen-bond donors (Lipinski definition) is 0. The molecule has 0 amide bonds. The minimum atomic E-state index is 0.185. The molecule has 0 bridgehead atoms. The van der Waals surface area contributed by atoms with Crippen molar-refractivity contribution in [2.75, 3.05) is 6.54 Å². The first-order valence-electron chi connectivity index (χ1n) is 6.25. The smallest absolute Gasteiger partial charge is 0.152 e. The van der Waals surface area contributed by atoms with Crippen molar-refractivity contribution in [3.05, 3.63) is 0 Å². The van der Waals surface area contributed by atoms with Gasteiger partial charge in [0.2, 0.25) is 0 Å². The zero-order valence-electron chi connectivity index (χ0n) is 10.4. The Bertz CT molecular complexity index is 266. The van der Waals surface area contributed by atoms with Gasteiger partial charge in [0.15, 0.2) is 5.78 Å². The molecule has 1 atom stereocenters. The number of carbonyl (C=O) groups is 1. The second-order valence-corrected chi connectivity index (χ2v) is 6.04. The molecule has 1 saturated heterocycles. The summed E-state index contributed by atoms with van der Waals surface area (Å²) in [5.74, 6) is 0.637. The SMILES string of the molecule is CC(C)C(=O)[C@@H]1CC2(CC2)CN1C(C)C. The van der Waals surface area contributed by atoms with Crippen LogP contribution >= 0.6 is 0 Å². The quantitative estimate of drug-likeness (QED) is 0.711. The van der Waals surface area contributed by atoms with E-state index in [0.717, 1.165) is 13.0 Å². The lowest BCUT2D eigenvalue weighted by Gasteiger charge is -2.28. The number of rotatable bonds is 3. The molecule has 0 radical (unpaired) electrons. The van der Waals surface area contributed by atoms with Crippen LogP contribution in [0.1, 0.15) is 47.0 Å². The molecule has 1 spiro atoms. The third kappa shape index (κ3) is 1.96. The Hall–Kier alpha value is -0.370. The number of hydrogen-bond acceptors (Lipinski definition) is 2. The summed E-state index contributed by atoms with van der Waals surface area (Å²) in [7, 11) is 0. The van der Waals surface area contributed by atoms with E-state index in [1.54, 1.807) is 0 Å². The maximum absolute atomic E-state index is 12.1. The van der Waals surface area contributed by atoms with Gasteiger partial charge < -0.3 is 0 Å². The highest BCUT2D eigenvalue weighted by Gasteiger charge is 2.54. The number of likely N-dealkylation sites (tertiary alicyclic amines) is 1. The van der Waals surface area contributed by atoms with Crippen LogP contribution in [0, 0.1) is 11.3 Å². The van der Waals surface area contributed by atoms with E-state index in [4.69, 9.17) is 0 Å². The van der Waals surface area contributed by atoms with Gasteiger partial charge in [-0.1, -0.05) is 13.8 Å². The molecule has 1 aliphatic carbocycles. The summed E-state index contributed by atoms with van der Waals surface area (Å²) in [6.07, 6.45) is 3.82.